The highest BCUT2D eigenvalue weighted by molar-refractivity contribution is 7.07. The van der Waals surface area contributed by atoms with Crippen molar-refractivity contribution in [3.05, 3.63) is 16.6 Å². The molecular weight excluding hydrogens is 192 g/mol. The Kier molecular flexibility index (Phi) is 3.19. The van der Waals surface area contributed by atoms with E-state index in [1.165, 1.54) is 18.7 Å². The van der Waals surface area contributed by atoms with E-state index in [0.717, 1.165) is 24.3 Å². The average Bonchev–Trinajstić information content (AvgIpc) is 2.72. The predicted molar refractivity (Wildman–Crippen MR) is 60.7 cm³/mol. The largest absolute Gasteiger partial charge is 0.316 e. The van der Waals surface area contributed by atoms with Crippen LogP contribution in [0.15, 0.2) is 10.9 Å². The lowest BCUT2D eigenvalue weighted by Gasteiger charge is -2.05. The summed E-state index contributed by atoms with van der Waals surface area (Å²) in [4.78, 5) is 4.36. The number of hydrogen-bond donors (Lipinski definition) is 1. The zero-order valence-corrected chi connectivity index (χ0v) is 9.68. The first-order valence-electron chi connectivity index (χ1n) is 5.36. The molecule has 2 atom stereocenters. The van der Waals surface area contributed by atoms with Crippen molar-refractivity contribution in [3.63, 3.8) is 0 Å². The van der Waals surface area contributed by atoms with Crippen LogP contribution in [-0.2, 0) is 0 Å². The minimum Gasteiger partial charge on any atom is -0.316 e. The first-order chi connectivity index (χ1) is 6.77. The van der Waals surface area contributed by atoms with Crippen LogP contribution < -0.4 is 5.32 Å². The van der Waals surface area contributed by atoms with E-state index in [2.05, 4.69) is 29.5 Å². The molecule has 78 valence electrons. The monoisotopic (exact) mass is 210 g/mol. The summed E-state index contributed by atoms with van der Waals surface area (Å²) < 4.78 is 0. The van der Waals surface area contributed by atoms with Gasteiger partial charge in [-0.2, -0.15) is 0 Å². The standard InChI is InChI=1S/C11H18N2S/c1-8(2)4-12-5-9-3-10(9)11-6-14-7-13-11/h6-10,12H,3-5H2,1-2H3. The van der Waals surface area contributed by atoms with Crippen molar-refractivity contribution in [3.8, 4) is 0 Å². The van der Waals surface area contributed by atoms with Gasteiger partial charge in [0, 0.05) is 11.3 Å². The van der Waals surface area contributed by atoms with Gasteiger partial charge >= 0.3 is 0 Å². The van der Waals surface area contributed by atoms with Crippen LogP contribution in [0, 0.1) is 11.8 Å². The molecule has 0 radical (unpaired) electrons. The molecule has 1 fully saturated rings. The van der Waals surface area contributed by atoms with Crippen molar-refractivity contribution in [1.29, 1.82) is 0 Å². The Hall–Kier alpha value is -0.410. The van der Waals surface area contributed by atoms with Crippen LogP contribution in [0.1, 0.15) is 31.9 Å². The van der Waals surface area contributed by atoms with Crippen molar-refractivity contribution in [1.82, 2.24) is 10.3 Å². The molecule has 0 spiro atoms. The maximum Gasteiger partial charge on any atom is 0.0794 e. The SMILES string of the molecule is CC(C)CNCC1CC1c1cscn1. The molecular formula is C11H18N2S. The lowest BCUT2D eigenvalue weighted by Crippen LogP contribution is -2.22. The molecule has 2 unspecified atom stereocenters. The molecule has 3 heteroatoms. The number of rotatable bonds is 5. The highest BCUT2D eigenvalue weighted by Gasteiger charge is 2.38. The molecule has 2 rings (SSSR count). The van der Waals surface area contributed by atoms with Crippen molar-refractivity contribution in [2.45, 2.75) is 26.2 Å². The third-order valence-corrected chi connectivity index (χ3v) is 3.32. The van der Waals surface area contributed by atoms with Crippen molar-refractivity contribution < 1.29 is 0 Å². The number of aromatic nitrogens is 1. The molecule has 0 bridgehead atoms. The van der Waals surface area contributed by atoms with Gasteiger partial charge in [0.2, 0.25) is 0 Å². The molecule has 0 aromatic carbocycles. The van der Waals surface area contributed by atoms with Crippen LogP contribution in [0.3, 0.4) is 0 Å². The van der Waals surface area contributed by atoms with Gasteiger partial charge in [-0.15, -0.1) is 11.3 Å². The second-order valence-electron chi connectivity index (χ2n) is 4.57. The molecule has 2 nitrogen and oxygen atoms in total. The Labute approximate surface area is 89.8 Å². The summed E-state index contributed by atoms with van der Waals surface area (Å²) in [5.74, 6) is 2.35. The third-order valence-electron chi connectivity index (χ3n) is 2.71. The Morgan fingerprint density at radius 2 is 2.50 bits per heavy atom. The molecule has 14 heavy (non-hydrogen) atoms. The van der Waals surface area contributed by atoms with Crippen LogP contribution in [0.4, 0.5) is 0 Å². The van der Waals surface area contributed by atoms with Gasteiger partial charge in [0.25, 0.3) is 0 Å². The Morgan fingerprint density at radius 1 is 1.64 bits per heavy atom. The molecule has 1 aliphatic rings. The zero-order chi connectivity index (χ0) is 9.97. The van der Waals surface area contributed by atoms with Crippen LogP contribution in [-0.4, -0.2) is 18.1 Å². The van der Waals surface area contributed by atoms with Gasteiger partial charge in [-0.3, -0.25) is 0 Å². The first-order valence-corrected chi connectivity index (χ1v) is 6.30. The normalized spacial score (nSPS) is 25.6. The molecule has 1 heterocycles. The van der Waals surface area contributed by atoms with Gasteiger partial charge < -0.3 is 5.32 Å². The summed E-state index contributed by atoms with van der Waals surface area (Å²) in [5.41, 5.74) is 3.25. The zero-order valence-electron chi connectivity index (χ0n) is 8.86. The lowest BCUT2D eigenvalue weighted by atomic mass is 10.2. The van der Waals surface area contributed by atoms with Crippen molar-refractivity contribution in [2.24, 2.45) is 11.8 Å². The second-order valence-corrected chi connectivity index (χ2v) is 5.29. The summed E-state index contributed by atoms with van der Waals surface area (Å²) in [7, 11) is 0. The fourth-order valence-electron chi connectivity index (χ4n) is 1.80. The van der Waals surface area contributed by atoms with Crippen LogP contribution in [0.25, 0.3) is 0 Å². The fraction of sp³-hybridized carbons (Fsp3) is 0.727. The minimum absolute atomic E-state index is 0.751. The van der Waals surface area contributed by atoms with Gasteiger partial charge in [-0.1, -0.05) is 13.8 Å². The highest BCUT2D eigenvalue weighted by atomic mass is 32.1. The number of nitrogens with zero attached hydrogens (tertiary/aromatic N) is 1. The van der Waals surface area contributed by atoms with Crippen molar-refractivity contribution in [2.75, 3.05) is 13.1 Å². The Bertz CT molecular complexity index is 269. The van der Waals surface area contributed by atoms with E-state index in [-0.39, 0.29) is 0 Å². The summed E-state index contributed by atoms with van der Waals surface area (Å²) in [6.07, 6.45) is 1.33. The topological polar surface area (TPSA) is 24.9 Å². The third kappa shape index (κ3) is 2.55. The predicted octanol–water partition coefficient (Wildman–Crippen LogP) is 2.49. The average molecular weight is 210 g/mol. The summed E-state index contributed by atoms with van der Waals surface area (Å²) in [6, 6.07) is 0. The maximum absolute atomic E-state index is 4.36. The molecule has 1 N–H and O–H groups in total. The van der Waals surface area contributed by atoms with E-state index < -0.39 is 0 Å². The van der Waals surface area contributed by atoms with Gasteiger partial charge in [-0.25, -0.2) is 4.98 Å². The van der Waals surface area contributed by atoms with E-state index in [0.29, 0.717) is 0 Å². The van der Waals surface area contributed by atoms with Gasteiger partial charge in [-0.05, 0) is 31.3 Å². The number of thiazole rings is 1. The van der Waals surface area contributed by atoms with E-state index in [9.17, 15) is 0 Å². The maximum atomic E-state index is 4.36. The van der Waals surface area contributed by atoms with Gasteiger partial charge in [0.05, 0.1) is 11.2 Å². The van der Waals surface area contributed by atoms with E-state index >= 15 is 0 Å². The van der Waals surface area contributed by atoms with Crippen molar-refractivity contribution >= 4 is 11.3 Å². The summed E-state index contributed by atoms with van der Waals surface area (Å²) in [5, 5.41) is 5.70. The molecule has 0 aliphatic heterocycles. The van der Waals surface area contributed by atoms with Crippen LogP contribution in [0.5, 0.6) is 0 Å². The lowest BCUT2D eigenvalue weighted by molar-refractivity contribution is 0.532. The minimum atomic E-state index is 0.751. The summed E-state index contributed by atoms with van der Waals surface area (Å²) >= 11 is 1.71. The quantitative estimate of drug-likeness (QED) is 0.807. The molecule has 0 amide bonds. The molecule has 1 aliphatic carbocycles. The fourth-order valence-corrected chi connectivity index (χ4v) is 2.42. The second kappa shape index (κ2) is 4.41. The van der Waals surface area contributed by atoms with E-state index in [1.54, 1.807) is 11.3 Å². The Morgan fingerprint density at radius 3 is 3.14 bits per heavy atom. The van der Waals surface area contributed by atoms with Crippen LogP contribution >= 0.6 is 11.3 Å². The van der Waals surface area contributed by atoms with Gasteiger partial charge in [0.1, 0.15) is 0 Å². The number of nitrogens with one attached hydrogen (secondary N) is 1. The van der Waals surface area contributed by atoms with Crippen LogP contribution in [0.2, 0.25) is 0 Å². The molecule has 0 saturated heterocycles. The first kappa shape index (κ1) is 10.1. The molecule has 1 aromatic rings. The highest BCUT2D eigenvalue weighted by Crippen LogP contribution is 2.46. The summed E-state index contributed by atoms with van der Waals surface area (Å²) in [6.45, 7) is 6.80. The smallest absolute Gasteiger partial charge is 0.0794 e. The van der Waals surface area contributed by atoms with E-state index in [1.807, 2.05) is 5.51 Å². The molecule has 1 saturated carbocycles. The number of hydrogen-bond acceptors (Lipinski definition) is 3. The van der Waals surface area contributed by atoms with Gasteiger partial charge in [0.15, 0.2) is 0 Å². The Balaban J connectivity index is 1.67. The molecule has 1 aromatic heterocycles. The van der Waals surface area contributed by atoms with E-state index in [4.69, 9.17) is 0 Å².